The van der Waals surface area contributed by atoms with Crippen molar-refractivity contribution in [3.8, 4) is 0 Å². The molecule has 0 saturated heterocycles. The van der Waals surface area contributed by atoms with E-state index in [4.69, 9.17) is 4.99 Å². The van der Waals surface area contributed by atoms with Crippen LogP contribution in [0.2, 0.25) is 0 Å². The van der Waals surface area contributed by atoms with E-state index >= 15 is 0 Å². The zero-order valence-electron chi connectivity index (χ0n) is 10.4. The molecule has 1 aromatic carbocycles. The molecule has 2 aliphatic heterocycles. The number of anilines is 1. The maximum Gasteiger partial charge on any atom is 0.104 e. The van der Waals surface area contributed by atoms with Crippen molar-refractivity contribution in [2.24, 2.45) is 4.99 Å². The first-order valence-electron chi connectivity index (χ1n) is 6.10. The molecule has 0 amide bonds. The predicted molar refractivity (Wildman–Crippen MR) is 75.5 cm³/mol. The van der Waals surface area contributed by atoms with Crippen molar-refractivity contribution < 1.29 is 0 Å². The summed E-state index contributed by atoms with van der Waals surface area (Å²) in [5.74, 6) is 1.29. The van der Waals surface area contributed by atoms with Crippen LogP contribution in [0, 0.1) is 0 Å². The van der Waals surface area contributed by atoms with E-state index in [0.717, 1.165) is 19.4 Å². The van der Waals surface area contributed by atoms with Gasteiger partial charge in [0, 0.05) is 18.7 Å². The third-order valence-electron chi connectivity index (χ3n) is 3.59. The second kappa shape index (κ2) is 4.34. The average molecular weight is 251 g/mol. The van der Waals surface area contributed by atoms with Crippen LogP contribution in [0.5, 0.6) is 0 Å². The van der Waals surface area contributed by atoms with Gasteiger partial charge in [-0.3, -0.25) is 4.99 Å². The third kappa shape index (κ3) is 2.19. The van der Waals surface area contributed by atoms with Crippen LogP contribution in [-0.2, 0) is 6.42 Å². The number of halogens is 1. The molecule has 2 aliphatic rings. The van der Waals surface area contributed by atoms with Crippen molar-refractivity contribution in [1.82, 2.24) is 0 Å². The van der Waals surface area contributed by atoms with Crippen molar-refractivity contribution in [1.29, 1.82) is 0 Å². The Balaban J connectivity index is 0.00000108. The largest absolute Gasteiger partial charge is 0.330 e. The van der Waals surface area contributed by atoms with Gasteiger partial charge in [-0.15, -0.1) is 12.4 Å². The summed E-state index contributed by atoms with van der Waals surface area (Å²) in [5, 5.41) is 0. The highest BCUT2D eigenvalue weighted by Gasteiger charge is 2.30. The van der Waals surface area contributed by atoms with E-state index in [9.17, 15) is 0 Å². The van der Waals surface area contributed by atoms with E-state index in [2.05, 4.69) is 43.0 Å². The van der Waals surface area contributed by atoms with Gasteiger partial charge in [0.15, 0.2) is 0 Å². The Labute approximate surface area is 109 Å². The molecule has 2 nitrogen and oxygen atoms in total. The summed E-state index contributed by atoms with van der Waals surface area (Å²) in [6, 6.07) is 8.70. The molecule has 0 fully saturated rings. The molecule has 0 aromatic heterocycles. The molecule has 0 spiro atoms. The molecule has 1 aromatic rings. The normalized spacial score (nSPS) is 20.8. The minimum absolute atomic E-state index is 0. The van der Waals surface area contributed by atoms with Gasteiger partial charge in [-0.2, -0.15) is 0 Å². The zero-order valence-corrected chi connectivity index (χ0v) is 11.3. The summed E-state index contributed by atoms with van der Waals surface area (Å²) in [6.45, 7) is 5.55. The van der Waals surface area contributed by atoms with Crippen LogP contribution in [0.3, 0.4) is 0 Å². The Morgan fingerprint density at radius 1 is 1.18 bits per heavy atom. The van der Waals surface area contributed by atoms with Gasteiger partial charge in [0.25, 0.3) is 0 Å². The minimum Gasteiger partial charge on any atom is -0.330 e. The molecule has 3 rings (SSSR count). The molecule has 0 unspecified atom stereocenters. The fourth-order valence-electron chi connectivity index (χ4n) is 2.68. The molecular formula is C14H19ClN2. The van der Waals surface area contributed by atoms with Crippen LogP contribution in [-0.4, -0.2) is 17.9 Å². The van der Waals surface area contributed by atoms with E-state index in [1.165, 1.54) is 23.5 Å². The number of fused-ring (bicyclic) bond motifs is 1. The number of hydrogen-bond donors (Lipinski definition) is 0. The van der Waals surface area contributed by atoms with Crippen LogP contribution in [0.1, 0.15) is 32.3 Å². The van der Waals surface area contributed by atoms with Gasteiger partial charge in [0.05, 0.1) is 5.54 Å². The molecule has 0 N–H and O–H groups in total. The van der Waals surface area contributed by atoms with E-state index < -0.39 is 0 Å². The smallest absolute Gasteiger partial charge is 0.104 e. The number of nitrogens with zero attached hydrogens (tertiary/aromatic N) is 2. The van der Waals surface area contributed by atoms with Gasteiger partial charge < -0.3 is 4.90 Å². The Kier molecular flexibility index (Phi) is 3.17. The average Bonchev–Trinajstić information content (AvgIpc) is 2.81. The first-order valence-corrected chi connectivity index (χ1v) is 6.10. The van der Waals surface area contributed by atoms with Crippen molar-refractivity contribution >= 4 is 23.9 Å². The highest BCUT2D eigenvalue weighted by atomic mass is 35.5. The zero-order chi connectivity index (χ0) is 11.2. The van der Waals surface area contributed by atoms with Crippen LogP contribution < -0.4 is 4.90 Å². The first-order chi connectivity index (χ1) is 7.66. The van der Waals surface area contributed by atoms with Gasteiger partial charge in [-0.25, -0.2) is 0 Å². The summed E-state index contributed by atoms with van der Waals surface area (Å²) in [5.41, 5.74) is 2.99. The Morgan fingerprint density at radius 3 is 2.65 bits per heavy atom. The number of hydrogen-bond acceptors (Lipinski definition) is 2. The first kappa shape index (κ1) is 12.4. The van der Waals surface area contributed by atoms with E-state index in [1.807, 2.05) is 0 Å². The summed E-state index contributed by atoms with van der Waals surface area (Å²) >= 11 is 0. The number of aliphatic imine (C=N–C) groups is 1. The molecule has 0 saturated carbocycles. The van der Waals surface area contributed by atoms with Crippen molar-refractivity contribution in [3.63, 3.8) is 0 Å². The van der Waals surface area contributed by atoms with Crippen molar-refractivity contribution in [3.05, 3.63) is 29.8 Å². The van der Waals surface area contributed by atoms with Crippen molar-refractivity contribution in [2.75, 3.05) is 11.4 Å². The summed E-state index contributed by atoms with van der Waals surface area (Å²) < 4.78 is 0. The maximum absolute atomic E-state index is 4.84. The number of amidine groups is 1. The van der Waals surface area contributed by atoms with Crippen molar-refractivity contribution in [2.45, 2.75) is 38.6 Å². The van der Waals surface area contributed by atoms with E-state index in [-0.39, 0.29) is 17.9 Å². The molecule has 0 aliphatic carbocycles. The third-order valence-corrected chi connectivity index (χ3v) is 3.59. The fraction of sp³-hybridized carbons (Fsp3) is 0.500. The maximum atomic E-state index is 4.84. The molecule has 2 heterocycles. The molecular weight excluding hydrogens is 232 g/mol. The van der Waals surface area contributed by atoms with Gasteiger partial charge in [-0.1, -0.05) is 18.2 Å². The lowest BCUT2D eigenvalue weighted by molar-refractivity contribution is 0.522. The van der Waals surface area contributed by atoms with Crippen LogP contribution in [0.15, 0.2) is 29.3 Å². The van der Waals surface area contributed by atoms with Gasteiger partial charge >= 0.3 is 0 Å². The lowest BCUT2D eigenvalue weighted by Gasteiger charge is -2.19. The van der Waals surface area contributed by atoms with Gasteiger partial charge in [-0.05, 0) is 38.3 Å². The SMILES string of the molecule is CC1(C)CCC(N2CCc3ccccc32)=N1.Cl. The molecule has 0 bridgehead atoms. The van der Waals surface area contributed by atoms with E-state index in [0.29, 0.717) is 0 Å². The highest BCUT2D eigenvalue weighted by Crippen LogP contribution is 2.33. The molecule has 3 heteroatoms. The molecule has 92 valence electrons. The lowest BCUT2D eigenvalue weighted by atomic mass is 10.0. The van der Waals surface area contributed by atoms with Crippen LogP contribution in [0.4, 0.5) is 5.69 Å². The van der Waals surface area contributed by atoms with Gasteiger partial charge in [0.1, 0.15) is 5.84 Å². The second-order valence-electron chi connectivity index (χ2n) is 5.37. The van der Waals surface area contributed by atoms with Crippen LogP contribution in [0.25, 0.3) is 0 Å². The Bertz CT molecular complexity index is 451. The minimum atomic E-state index is 0. The topological polar surface area (TPSA) is 15.6 Å². The highest BCUT2D eigenvalue weighted by molar-refractivity contribution is 6.00. The molecule has 0 atom stereocenters. The quantitative estimate of drug-likeness (QED) is 0.689. The standard InChI is InChI=1S/C14H18N2.ClH/c1-14(2)9-7-13(15-14)16-10-8-11-5-3-4-6-12(11)16;/h3-6H,7-10H2,1-2H3;1H. The monoisotopic (exact) mass is 250 g/mol. The Hall–Kier alpha value is -1.02. The number of benzene rings is 1. The molecule has 0 radical (unpaired) electrons. The molecule has 17 heavy (non-hydrogen) atoms. The summed E-state index contributed by atoms with van der Waals surface area (Å²) in [4.78, 5) is 7.25. The van der Waals surface area contributed by atoms with Crippen LogP contribution >= 0.6 is 12.4 Å². The summed E-state index contributed by atoms with van der Waals surface area (Å²) in [7, 11) is 0. The summed E-state index contributed by atoms with van der Waals surface area (Å²) in [6.07, 6.45) is 3.47. The lowest BCUT2D eigenvalue weighted by Crippen LogP contribution is -2.27. The second-order valence-corrected chi connectivity index (χ2v) is 5.37. The van der Waals surface area contributed by atoms with E-state index in [1.54, 1.807) is 0 Å². The Morgan fingerprint density at radius 2 is 1.94 bits per heavy atom. The predicted octanol–water partition coefficient (Wildman–Crippen LogP) is 3.44. The number of rotatable bonds is 0. The van der Waals surface area contributed by atoms with Gasteiger partial charge in [0.2, 0.25) is 0 Å². The fourth-order valence-corrected chi connectivity index (χ4v) is 2.68. The number of para-hydroxylation sites is 1.